The molecule has 16 heavy (non-hydrogen) atoms. The first-order valence-corrected chi connectivity index (χ1v) is 5.49. The Morgan fingerprint density at radius 3 is 2.44 bits per heavy atom. The molecule has 0 bridgehead atoms. The molecule has 0 fully saturated rings. The fourth-order valence-electron chi connectivity index (χ4n) is 1.42. The molecule has 6 heteroatoms. The molecule has 0 saturated heterocycles. The van der Waals surface area contributed by atoms with Crippen molar-refractivity contribution in [1.82, 2.24) is 15.0 Å². The van der Waals surface area contributed by atoms with E-state index in [4.69, 9.17) is 10.5 Å². The maximum atomic E-state index is 5.61. The molecule has 0 amide bonds. The lowest BCUT2D eigenvalue weighted by Crippen LogP contribution is -2.32. The van der Waals surface area contributed by atoms with Crippen LogP contribution in [0.5, 0.6) is 6.01 Å². The van der Waals surface area contributed by atoms with Gasteiger partial charge in [0.25, 0.3) is 0 Å². The van der Waals surface area contributed by atoms with E-state index in [0.29, 0.717) is 18.6 Å². The number of nitrogen functional groups attached to an aromatic ring is 1. The fraction of sp³-hybridized carbons (Fsp3) is 0.700. The SMILES string of the molecule is CCOc1nc(N)nc(N(CC)C(C)C)n1. The van der Waals surface area contributed by atoms with Gasteiger partial charge in [0.1, 0.15) is 0 Å². The normalized spacial score (nSPS) is 10.6. The molecule has 90 valence electrons. The highest BCUT2D eigenvalue weighted by molar-refractivity contribution is 5.36. The minimum Gasteiger partial charge on any atom is -0.464 e. The van der Waals surface area contributed by atoms with E-state index in [1.54, 1.807) is 0 Å². The zero-order valence-corrected chi connectivity index (χ0v) is 10.3. The van der Waals surface area contributed by atoms with Crippen molar-refractivity contribution in [3.63, 3.8) is 0 Å². The molecule has 0 aliphatic rings. The van der Waals surface area contributed by atoms with E-state index in [0.717, 1.165) is 6.54 Å². The minimum atomic E-state index is 0.188. The molecule has 0 atom stereocenters. The van der Waals surface area contributed by atoms with E-state index in [1.807, 2.05) is 18.7 Å². The summed E-state index contributed by atoms with van der Waals surface area (Å²) < 4.78 is 5.23. The van der Waals surface area contributed by atoms with E-state index < -0.39 is 0 Å². The largest absolute Gasteiger partial charge is 0.464 e. The molecule has 0 spiro atoms. The van der Waals surface area contributed by atoms with Gasteiger partial charge in [0.2, 0.25) is 11.9 Å². The van der Waals surface area contributed by atoms with Crippen LogP contribution in [0.25, 0.3) is 0 Å². The predicted molar refractivity (Wildman–Crippen MR) is 63.6 cm³/mol. The van der Waals surface area contributed by atoms with Crippen molar-refractivity contribution in [2.75, 3.05) is 23.8 Å². The van der Waals surface area contributed by atoms with Crippen LogP contribution in [0.1, 0.15) is 27.7 Å². The number of nitrogens with zero attached hydrogens (tertiary/aromatic N) is 4. The van der Waals surface area contributed by atoms with Crippen LogP contribution < -0.4 is 15.4 Å². The fourth-order valence-corrected chi connectivity index (χ4v) is 1.42. The van der Waals surface area contributed by atoms with Gasteiger partial charge in [-0.3, -0.25) is 0 Å². The first-order valence-electron chi connectivity index (χ1n) is 5.49. The molecular weight excluding hydrogens is 206 g/mol. The number of hydrogen-bond donors (Lipinski definition) is 1. The maximum Gasteiger partial charge on any atom is 0.323 e. The summed E-state index contributed by atoms with van der Waals surface area (Å²) in [4.78, 5) is 14.3. The predicted octanol–water partition coefficient (Wildman–Crippen LogP) is 1.09. The number of ether oxygens (including phenoxy) is 1. The van der Waals surface area contributed by atoms with Crippen molar-refractivity contribution in [3.05, 3.63) is 0 Å². The van der Waals surface area contributed by atoms with Crippen molar-refractivity contribution in [2.45, 2.75) is 33.7 Å². The van der Waals surface area contributed by atoms with E-state index >= 15 is 0 Å². The Bertz CT molecular complexity index is 342. The molecular formula is C10H19N5O. The van der Waals surface area contributed by atoms with Crippen LogP contribution in [0, 0.1) is 0 Å². The van der Waals surface area contributed by atoms with Crippen LogP contribution in [0.15, 0.2) is 0 Å². The number of hydrogen-bond acceptors (Lipinski definition) is 6. The van der Waals surface area contributed by atoms with Gasteiger partial charge in [0, 0.05) is 12.6 Å². The monoisotopic (exact) mass is 225 g/mol. The van der Waals surface area contributed by atoms with Gasteiger partial charge in [-0.15, -0.1) is 0 Å². The highest BCUT2D eigenvalue weighted by Crippen LogP contribution is 2.15. The van der Waals surface area contributed by atoms with Gasteiger partial charge in [-0.1, -0.05) is 0 Å². The Kier molecular flexibility index (Phi) is 4.28. The minimum absolute atomic E-state index is 0.188. The molecule has 1 aromatic rings. The molecule has 6 nitrogen and oxygen atoms in total. The Balaban J connectivity index is 3.02. The summed E-state index contributed by atoms with van der Waals surface area (Å²) in [5.74, 6) is 0.751. The van der Waals surface area contributed by atoms with Crippen molar-refractivity contribution in [1.29, 1.82) is 0 Å². The van der Waals surface area contributed by atoms with Crippen molar-refractivity contribution in [2.24, 2.45) is 0 Å². The lowest BCUT2D eigenvalue weighted by atomic mass is 10.3. The van der Waals surface area contributed by atoms with Crippen LogP contribution in [0.4, 0.5) is 11.9 Å². The first kappa shape index (κ1) is 12.5. The zero-order valence-electron chi connectivity index (χ0n) is 10.3. The standard InChI is InChI=1S/C10H19N5O/c1-5-15(7(3)4)9-12-8(11)13-10(14-9)16-6-2/h7H,5-6H2,1-4H3,(H2,11,12,13,14). The third-order valence-corrected chi connectivity index (χ3v) is 2.11. The van der Waals surface area contributed by atoms with Crippen LogP contribution in [0.3, 0.4) is 0 Å². The molecule has 0 saturated carbocycles. The lowest BCUT2D eigenvalue weighted by Gasteiger charge is -2.24. The third kappa shape index (κ3) is 2.95. The summed E-state index contributed by atoms with van der Waals surface area (Å²) in [5, 5.41) is 0. The molecule has 1 heterocycles. The maximum absolute atomic E-state index is 5.61. The summed E-state index contributed by atoms with van der Waals surface area (Å²) in [6, 6.07) is 0.588. The van der Waals surface area contributed by atoms with E-state index in [-0.39, 0.29) is 12.0 Å². The van der Waals surface area contributed by atoms with E-state index in [1.165, 1.54) is 0 Å². The highest BCUT2D eigenvalue weighted by atomic mass is 16.5. The second-order valence-corrected chi connectivity index (χ2v) is 3.59. The highest BCUT2D eigenvalue weighted by Gasteiger charge is 2.14. The van der Waals surface area contributed by atoms with Crippen LogP contribution >= 0.6 is 0 Å². The van der Waals surface area contributed by atoms with Crippen LogP contribution in [0.2, 0.25) is 0 Å². The average molecular weight is 225 g/mol. The Labute approximate surface area is 95.9 Å². The molecule has 0 unspecified atom stereocenters. The average Bonchev–Trinajstić information content (AvgIpc) is 2.17. The van der Waals surface area contributed by atoms with Gasteiger partial charge < -0.3 is 15.4 Å². The Morgan fingerprint density at radius 2 is 1.94 bits per heavy atom. The second-order valence-electron chi connectivity index (χ2n) is 3.59. The van der Waals surface area contributed by atoms with Gasteiger partial charge >= 0.3 is 6.01 Å². The second kappa shape index (κ2) is 5.48. The summed E-state index contributed by atoms with van der Waals surface area (Å²) >= 11 is 0. The Morgan fingerprint density at radius 1 is 1.25 bits per heavy atom. The summed E-state index contributed by atoms with van der Waals surface area (Å²) in [7, 11) is 0. The molecule has 0 radical (unpaired) electrons. The molecule has 2 N–H and O–H groups in total. The van der Waals surface area contributed by atoms with Gasteiger partial charge in [0.05, 0.1) is 6.61 Å². The smallest absolute Gasteiger partial charge is 0.323 e. The van der Waals surface area contributed by atoms with E-state index in [9.17, 15) is 0 Å². The quantitative estimate of drug-likeness (QED) is 0.808. The van der Waals surface area contributed by atoms with Crippen LogP contribution in [-0.4, -0.2) is 34.1 Å². The third-order valence-electron chi connectivity index (χ3n) is 2.11. The van der Waals surface area contributed by atoms with E-state index in [2.05, 4.69) is 28.8 Å². The number of aromatic nitrogens is 3. The molecule has 1 rings (SSSR count). The lowest BCUT2D eigenvalue weighted by molar-refractivity contribution is 0.312. The number of nitrogens with two attached hydrogens (primary N) is 1. The number of rotatable bonds is 5. The van der Waals surface area contributed by atoms with Crippen molar-refractivity contribution in [3.8, 4) is 6.01 Å². The first-order chi connectivity index (χ1) is 7.58. The van der Waals surface area contributed by atoms with Gasteiger partial charge in [-0.05, 0) is 27.7 Å². The van der Waals surface area contributed by atoms with Gasteiger partial charge in [0.15, 0.2) is 0 Å². The molecule has 0 aliphatic heterocycles. The molecule has 0 aromatic carbocycles. The van der Waals surface area contributed by atoms with Crippen molar-refractivity contribution >= 4 is 11.9 Å². The summed E-state index contributed by atoms with van der Waals surface area (Å²) in [6.07, 6.45) is 0. The number of anilines is 2. The van der Waals surface area contributed by atoms with Crippen molar-refractivity contribution < 1.29 is 4.74 Å². The molecule has 1 aromatic heterocycles. The van der Waals surface area contributed by atoms with Gasteiger partial charge in [-0.25, -0.2) is 0 Å². The van der Waals surface area contributed by atoms with Crippen LogP contribution in [-0.2, 0) is 0 Å². The Hall–Kier alpha value is -1.59. The molecule has 0 aliphatic carbocycles. The summed E-state index contributed by atoms with van der Waals surface area (Å²) in [6.45, 7) is 9.39. The topological polar surface area (TPSA) is 77.2 Å². The van der Waals surface area contributed by atoms with Gasteiger partial charge in [-0.2, -0.15) is 15.0 Å². The summed E-state index contributed by atoms with van der Waals surface area (Å²) in [5.41, 5.74) is 5.61. The zero-order chi connectivity index (χ0) is 12.1.